The average Bonchev–Trinajstić information content (AvgIpc) is 3.11. The molecule has 4 nitrogen and oxygen atoms in total. The summed E-state index contributed by atoms with van der Waals surface area (Å²) in [6, 6.07) is 8.58. The first-order valence-corrected chi connectivity index (χ1v) is 10.8. The van der Waals surface area contributed by atoms with Gasteiger partial charge in [-0.15, -0.1) is 0 Å². The highest BCUT2D eigenvalue weighted by Gasteiger charge is 2.39. The van der Waals surface area contributed by atoms with Gasteiger partial charge >= 0.3 is 0 Å². The molecule has 4 rings (SSSR count). The summed E-state index contributed by atoms with van der Waals surface area (Å²) in [7, 11) is 0. The number of hydrogen-bond acceptors (Lipinski definition) is 3. The molecule has 1 spiro atoms. The van der Waals surface area contributed by atoms with Gasteiger partial charge in [-0.2, -0.15) is 0 Å². The molecule has 1 saturated carbocycles. The van der Waals surface area contributed by atoms with Gasteiger partial charge in [0.05, 0.1) is 5.70 Å². The molecule has 3 aliphatic rings. The van der Waals surface area contributed by atoms with E-state index >= 15 is 0 Å². The first-order valence-electron chi connectivity index (χ1n) is 10.4. The molecule has 2 heterocycles. The molecule has 1 aromatic rings. The van der Waals surface area contributed by atoms with Crippen LogP contribution in [0.4, 0.5) is 0 Å². The number of piperidine rings is 1. The normalized spacial score (nSPS) is 22.4. The van der Waals surface area contributed by atoms with E-state index in [2.05, 4.69) is 53.0 Å². The highest BCUT2D eigenvalue weighted by atomic mass is 32.1. The Labute approximate surface area is 168 Å². The van der Waals surface area contributed by atoms with Crippen LogP contribution in [0.25, 0.3) is 5.70 Å². The van der Waals surface area contributed by atoms with Crippen molar-refractivity contribution in [3.63, 3.8) is 0 Å². The van der Waals surface area contributed by atoms with Crippen LogP contribution in [0.1, 0.15) is 56.1 Å². The van der Waals surface area contributed by atoms with Crippen LogP contribution in [0.15, 0.2) is 30.3 Å². The summed E-state index contributed by atoms with van der Waals surface area (Å²) in [6.07, 6.45) is 11.1. The van der Waals surface area contributed by atoms with Crippen LogP contribution in [0.2, 0.25) is 0 Å². The van der Waals surface area contributed by atoms with Gasteiger partial charge in [-0.1, -0.05) is 49.1 Å². The average molecular weight is 386 g/mol. The molecule has 2 N–H and O–H groups in total. The molecule has 146 valence electrons. The lowest BCUT2D eigenvalue weighted by Gasteiger charge is -2.38. The van der Waals surface area contributed by atoms with E-state index in [0.29, 0.717) is 0 Å². The second-order valence-corrected chi connectivity index (χ2v) is 8.76. The van der Waals surface area contributed by atoms with Gasteiger partial charge in [-0.25, -0.2) is 0 Å². The standard InChI is InChI=1S/C22H31N3OS/c1-17-7-9-19(10-8-17)20-15-22(26-24-20)11-13-25(14-12-22)21(27)23-16-18-5-3-2-4-6-18/h7-10,15,18,24H,2-6,11-14,16H2,1H3,(H,23,27). The van der Waals surface area contributed by atoms with Crippen LogP contribution < -0.4 is 10.8 Å². The maximum Gasteiger partial charge on any atom is 0.168 e. The van der Waals surface area contributed by atoms with Crippen LogP contribution in [0, 0.1) is 12.8 Å². The maximum absolute atomic E-state index is 6.03. The fraction of sp³-hybridized carbons (Fsp3) is 0.591. The third-order valence-corrected chi connectivity index (χ3v) is 6.70. The largest absolute Gasteiger partial charge is 0.362 e. The van der Waals surface area contributed by atoms with Crippen molar-refractivity contribution in [3.05, 3.63) is 41.5 Å². The molecule has 5 heteroatoms. The molecule has 2 fully saturated rings. The number of hydroxylamine groups is 1. The van der Waals surface area contributed by atoms with Crippen molar-refractivity contribution in [3.8, 4) is 0 Å². The lowest BCUT2D eigenvalue weighted by Crippen LogP contribution is -2.50. The molecule has 0 amide bonds. The molecule has 2 aliphatic heterocycles. The first-order chi connectivity index (χ1) is 13.1. The summed E-state index contributed by atoms with van der Waals surface area (Å²) in [5, 5.41) is 4.45. The summed E-state index contributed by atoms with van der Waals surface area (Å²) in [6.45, 7) is 5.03. The van der Waals surface area contributed by atoms with Crippen LogP contribution >= 0.6 is 12.2 Å². The minimum atomic E-state index is -0.199. The van der Waals surface area contributed by atoms with Crippen LogP contribution in [-0.2, 0) is 4.84 Å². The van der Waals surface area contributed by atoms with E-state index < -0.39 is 0 Å². The minimum absolute atomic E-state index is 0.199. The Morgan fingerprint density at radius 2 is 1.89 bits per heavy atom. The van der Waals surface area contributed by atoms with E-state index in [1.807, 2.05) is 0 Å². The van der Waals surface area contributed by atoms with E-state index in [1.165, 1.54) is 43.2 Å². The Morgan fingerprint density at radius 3 is 2.59 bits per heavy atom. The number of nitrogens with zero attached hydrogens (tertiary/aromatic N) is 1. The summed E-state index contributed by atoms with van der Waals surface area (Å²) < 4.78 is 0. The molecular formula is C22H31N3OS. The number of benzene rings is 1. The Bertz CT molecular complexity index is 686. The van der Waals surface area contributed by atoms with Crippen LogP contribution in [0.5, 0.6) is 0 Å². The third kappa shape index (κ3) is 4.46. The lowest BCUT2D eigenvalue weighted by molar-refractivity contribution is -0.0618. The van der Waals surface area contributed by atoms with E-state index in [4.69, 9.17) is 17.1 Å². The molecule has 0 unspecified atom stereocenters. The summed E-state index contributed by atoms with van der Waals surface area (Å²) in [5.41, 5.74) is 6.50. The number of rotatable bonds is 3. The highest BCUT2D eigenvalue weighted by Crippen LogP contribution is 2.34. The first kappa shape index (κ1) is 18.8. The fourth-order valence-electron chi connectivity index (χ4n) is 4.42. The Kier molecular flexibility index (Phi) is 5.69. The second kappa shape index (κ2) is 8.19. The third-order valence-electron chi connectivity index (χ3n) is 6.30. The summed E-state index contributed by atoms with van der Waals surface area (Å²) >= 11 is 5.66. The number of hydrogen-bond donors (Lipinski definition) is 2. The molecule has 1 saturated heterocycles. The minimum Gasteiger partial charge on any atom is -0.362 e. The molecule has 0 radical (unpaired) electrons. The molecule has 0 atom stereocenters. The van der Waals surface area contributed by atoms with Gasteiger partial charge in [-0.3, -0.25) is 10.3 Å². The molecule has 27 heavy (non-hydrogen) atoms. The van der Waals surface area contributed by atoms with Crippen molar-refractivity contribution in [2.75, 3.05) is 19.6 Å². The van der Waals surface area contributed by atoms with Gasteiger partial charge in [0.15, 0.2) is 5.11 Å². The zero-order valence-electron chi connectivity index (χ0n) is 16.3. The van der Waals surface area contributed by atoms with E-state index in [0.717, 1.165) is 49.2 Å². The van der Waals surface area contributed by atoms with Gasteiger partial charge in [0.25, 0.3) is 0 Å². The molecule has 1 aromatic carbocycles. The van der Waals surface area contributed by atoms with Crippen molar-refractivity contribution in [2.24, 2.45) is 5.92 Å². The fourth-order valence-corrected chi connectivity index (χ4v) is 4.69. The second-order valence-electron chi connectivity index (χ2n) is 8.37. The van der Waals surface area contributed by atoms with Crippen LogP contribution in [0.3, 0.4) is 0 Å². The van der Waals surface area contributed by atoms with Crippen LogP contribution in [-0.4, -0.2) is 35.2 Å². The zero-order chi connectivity index (χ0) is 18.7. The molecule has 0 aromatic heterocycles. The SMILES string of the molecule is Cc1ccc(C2=CC3(CCN(C(=S)NCC4CCCCC4)CC3)ON2)cc1. The van der Waals surface area contributed by atoms with Gasteiger partial charge in [0, 0.05) is 32.5 Å². The number of likely N-dealkylation sites (tertiary alicyclic amines) is 1. The van der Waals surface area contributed by atoms with E-state index in [-0.39, 0.29) is 5.60 Å². The molecule has 0 bridgehead atoms. The van der Waals surface area contributed by atoms with Gasteiger partial charge < -0.3 is 10.2 Å². The predicted octanol–water partition coefficient (Wildman–Crippen LogP) is 4.16. The van der Waals surface area contributed by atoms with Crippen molar-refractivity contribution >= 4 is 23.0 Å². The number of aryl methyl sites for hydroxylation is 1. The van der Waals surface area contributed by atoms with Gasteiger partial charge in [0.1, 0.15) is 5.60 Å². The summed E-state index contributed by atoms with van der Waals surface area (Å²) in [4.78, 5) is 8.34. The van der Waals surface area contributed by atoms with Crippen molar-refractivity contribution in [1.29, 1.82) is 0 Å². The van der Waals surface area contributed by atoms with Crippen molar-refractivity contribution in [2.45, 2.75) is 57.5 Å². The van der Waals surface area contributed by atoms with Gasteiger partial charge in [0.2, 0.25) is 0 Å². The van der Waals surface area contributed by atoms with E-state index in [1.54, 1.807) is 0 Å². The maximum atomic E-state index is 6.03. The number of thiocarbonyl (C=S) groups is 1. The Morgan fingerprint density at radius 1 is 1.19 bits per heavy atom. The van der Waals surface area contributed by atoms with E-state index in [9.17, 15) is 0 Å². The van der Waals surface area contributed by atoms with Crippen molar-refractivity contribution < 1.29 is 4.84 Å². The summed E-state index contributed by atoms with van der Waals surface area (Å²) in [5.74, 6) is 0.801. The molecule has 1 aliphatic carbocycles. The predicted molar refractivity (Wildman–Crippen MR) is 114 cm³/mol. The number of nitrogens with one attached hydrogen (secondary N) is 2. The van der Waals surface area contributed by atoms with Crippen molar-refractivity contribution in [1.82, 2.24) is 15.7 Å². The van der Waals surface area contributed by atoms with Gasteiger partial charge in [-0.05, 0) is 49.5 Å². The zero-order valence-corrected chi connectivity index (χ0v) is 17.1. The highest BCUT2D eigenvalue weighted by molar-refractivity contribution is 7.80. The topological polar surface area (TPSA) is 36.5 Å². The lowest BCUT2D eigenvalue weighted by atomic mass is 9.89. The smallest absolute Gasteiger partial charge is 0.168 e. The molecular weight excluding hydrogens is 354 g/mol. The Balaban J connectivity index is 1.29. The Hall–Kier alpha value is -1.59. The quantitative estimate of drug-likeness (QED) is 0.764. The monoisotopic (exact) mass is 385 g/mol.